The molecule has 0 aromatic heterocycles. The number of rotatable bonds is 6. The number of hydrogen-bond acceptors (Lipinski definition) is 5. The predicted octanol–water partition coefficient (Wildman–Crippen LogP) is 5.16. The van der Waals surface area contributed by atoms with Crippen molar-refractivity contribution in [2.45, 2.75) is 0 Å². The molecule has 0 unspecified atom stereocenters. The van der Waals surface area contributed by atoms with Crippen molar-refractivity contribution in [2.24, 2.45) is 0 Å². The van der Waals surface area contributed by atoms with E-state index in [1.54, 1.807) is 30.3 Å². The zero-order valence-electron chi connectivity index (χ0n) is 16.1. The third kappa shape index (κ3) is 4.93. The van der Waals surface area contributed by atoms with Crippen molar-refractivity contribution in [1.29, 1.82) is 0 Å². The smallest absolute Gasteiger partial charge is 0.270 e. The van der Waals surface area contributed by atoms with Crippen LogP contribution in [0.1, 0.15) is 5.56 Å². The third-order valence-electron chi connectivity index (χ3n) is 4.16. The molecule has 2 amide bonds. The van der Waals surface area contributed by atoms with Crippen LogP contribution in [0.5, 0.6) is 11.5 Å². The number of anilines is 1. The fraction of sp³-hybridized carbons (Fsp3) is 0.0952. The van der Waals surface area contributed by atoms with Crippen LogP contribution in [0.2, 0.25) is 10.0 Å². The second kappa shape index (κ2) is 9.82. The molecule has 1 aliphatic heterocycles. The van der Waals surface area contributed by atoms with E-state index in [0.29, 0.717) is 32.2 Å². The van der Waals surface area contributed by atoms with E-state index < -0.39 is 11.8 Å². The summed E-state index contributed by atoms with van der Waals surface area (Å²) in [5.74, 6) is -0.363. The molecule has 31 heavy (non-hydrogen) atoms. The molecular weight excluding hydrogens is 527 g/mol. The van der Waals surface area contributed by atoms with E-state index in [0.717, 1.165) is 4.90 Å². The van der Waals surface area contributed by atoms with Crippen LogP contribution < -0.4 is 19.7 Å². The predicted molar refractivity (Wildman–Crippen MR) is 129 cm³/mol. The molecule has 160 valence electrons. The number of carbonyl (C=O) groups excluding carboxylic acids is 2. The Morgan fingerprint density at radius 1 is 1.26 bits per heavy atom. The average Bonchev–Trinajstić information content (AvgIpc) is 2.71. The minimum absolute atomic E-state index is 0.0803. The summed E-state index contributed by atoms with van der Waals surface area (Å²) in [6.07, 6.45) is 3.03. The van der Waals surface area contributed by atoms with Crippen LogP contribution in [0.4, 0.5) is 5.69 Å². The molecule has 2 aromatic rings. The molecule has 3 rings (SSSR count). The van der Waals surface area contributed by atoms with E-state index in [1.165, 1.54) is 19.3 Å². The molecule has 1 fully saturated rings. The molecule has 0 atom stereocenters. The monoisotopic (exact) mass is 540 g/mol. The lowest BCUT2D eigenvalue weighted by Crippen LogP contribution is -2.54. The van der Waals surface area contributed by atoms with Gasteiger partial charge in [-0.05, 0) is 70.1 Å². The largest absolute Gasteiger partial charge is 0.493 e. The number of carbonyl (C=O) groups is 2. The van der Waals surface area contributed by atoms with Gasteiger partial charge in [-0.1, -0.05) is 35.9 Å². The standard InChI is InChI=1S/C21H15BrCl2N2O4S/c1-3-6-30-18-14(22)8-11(9-17(18)29-2)7-13-19(27)25-21(31)26(20(13)28)16-5-4-12(23)10-15(16)24/h3-5,7-10H,1,6H2,2H3,(H,25,27,31)/b13-7+. The molecule has 1 heterocycles. The lowest BCUT2D eigenvalue weighted by Gasteiger charge is -2.29. The van der Waals surface area contributed by atoms with Crippen LogP contribution in [-0.4, -0.2) is 30.6 Å². The van der Waals surface area contributed by atoms with Crippen molar-refractivity contribution in [1.82, 2.24) is 5.32 Å². The summed E-state index contributed by atoms with van der Waals surface area (Å²) in [6.45, 7) is 3.90. The Labute approximate surface area is 202 Å². The van der Waals surface area contributed by atoms with Crippen molar-refractivity contribution in [3.05, 3.63) is 68.6 Å². The maximum Gasteiger partial charge on any atom is 0.270 e. The Bertz CT molecular complexity index is 1140. The molecule has 2 aromatic carbocycles. The normalized spacial score (nSPS) is 15.2. The zero-order chi connectivity index (χ0) is 22.7. The maximum absolute atomic E-state index is 13.2. The Kier molecular flexibility index (Phi) is 7.38. The van der Waals surface area contributed by atoms with Crippen LogP contribution in [0, 0.1) is 0 Å². The number of nitrogens with one attached hydrogen (secondary N) is 1. The highest BCUT2D eigenvalue weighted by Gasteiger charge is 2.35. The first kappa shape index (κ1) is 23.3. The average molecular weight is 542 g/mol. The van der Waals surface area contributed by atoms with E-state index in [4.69, 9.17) is 44.9 Å². The lowest BCUT2D eigenvalue weighted by atomic mass is 10.1. The second-order valence-corrected chi connectivity index (χ2v) is 8.27. The molecule has 1 aliphatic rings. The quantitative estimate of drug-likeness (QED) is 0.237. The summed E-state index contributed by atoms with van der Waals surface area (Å²) in [4.78, 5) is 26.9. The summed E-state index contributed by atoms with van der Waals surface area (Å²) in [7, 11) is 1.49. The first-order valence-corrected chi connectivity index (χ1v) is 10.7. The lowest BCUT2D eigenvalue weighted by molar-refractivity contribution is -0.122. The van der Waals surface area contributed by atoms with E-state index in [1.807, 2.05) is 0 Å². The molecule has 1 saturated heterocycles. The van der Waals surface area contributed by atoms with Crippen molar-refractivity contribution >= 4 is 80.0 Å². The fourth-order valence-corrected chi connectivity index (χ4v) is 4.15. The number of thiocarbonyl (C=S) groups is 1. The van der Waals surface area contributed by atoms with Crippen LogP contribution in [0.25, 0.3) is 6.08 Å². The van der Waals surface area contributed by atoms with Crippen molar-refractivity contribution in [3.8, 4) is 11.5 Å². The first-order valence-electron chi connectivity index (χ1n) is 8.74. The van der Waals surface area contributed by atoms with E-state index in [2.05, 4.69) is 27.8 Å². The Balaban J connectivity index is 2.04. The fourth-order valence-electron chi connectivity index (χ4n) is 2.81. The minimum atomic E-state index is -0.626. The zero-order valence-corrected chi connectivity index (χ0v) is 20.0. The third-order valence-corrected chi connectivity index (χ3v) is 5.57. The number of halogens is 3. The number of nitrogens with zero attached hydrogens (tertiary/aromatic N) is 1. The Morgan fingerprint density at radius 2 is 2.00 bits per heavy atom. The van der Waals surface area contributed by atoms with Gasteiger partial charge >= 0.3 is 0 Å². The SMILES string of the molecule is C=CCOc1c(Br)cc(/C=C2\C(=O)NC(=S)N(c3ccc(Cl)cc3Cl)C2=O)cc1OC. The molecule has 0 spiro atoms. The molecule has 0 radical (unpaired) electrons. The van der Waals surface area contributed by atoms with Crippen LogP contribution >= 0.6 is 51.3 Å². The minimum Gasteiger partial charge on any atom is -0.493 e. The number of amides is 2. The molecular formula is C21H15BrCl2N2O4S. The Hall–Kier alpha value is -2.39. The summed E-state index contributed by atoms with van der Waals surface area (Å²) < 4.78 is 11.6. The second-order valence-electron chi connectivity index (χ2n) is 6.19. The molecule has 1 N–H and O–H groups in total. The molecule has 10 heteroatoms. The molecule has 0 saturated carbocycles. The van der Waals surface area contributed by atoms with Crippen molar-refractivity contribution in [2.75, 3.05) is 18.6 Å². The van der Waals surface area contributed by atoms with Gasteiger partial charge in [-0.2, -0.15) is 0 Å². The van der Waals surface area contributed by atoms with Gasteiger partial charge in [0.15, 0.2) is 16.6 Å². The van der Waals surface area contributed by atoms with Crippen LogP contribution in [0.15, 0.2) is 53.0 Å². The summed E-state index contributed by atoms with van der Waals surface area (Å²) >= 11 is 20.8. The van der Waals surface area contributed by atoms with E-state index in [-0.39, 0.29) is 22.3 Å². The van der Waals surface area contributed by atoms with Crippen molar-refractivity contribution in [3.63, 3.8) is 0 Å². The highest BCUT2D eigenvalue weighted by Crippen LogP contribution is 2.38. The van der Waals surface area contributed by atoms with Gasteiger partial charge in [0, 0.05) is 5.02 Å². The summed E-state index contributed by atoms with van der Waals surface area (Å²) in [6, 6.07) is 7.94. The molecule has 0 aliphatic carbocycles. The maximum atomic E-state index is 13.2. The van der Waals surface area contributed by atoms with Gasteiger partial charge < -0.3 is 9.47 Å². The number of ether oxygens (including phenoxy) is 2. The van der Waals surface area contributed by atoms with Gasteiger partial charge in [-0.15, -0.1) is 0 Å². The molecule has 6 nitrogen and oxygen atoms in total. The van der Waals surface area contributed by atoms with E-state index in [9.17, 15) is 9.59 Å². The van der Waals surface area contributed by atoms with Gasteiger partial charge in [0.25, 0.3) is 11.8 Å². The van der Waals surface area contributed by atoms with E-state index >= 15 is 0 Å². The first-order chi connectivity index (χ1) is 14.8. The van der Waals surface area contributed by atoms with Gasteiger partial charge in [-0.25, -0.2) is 0 Å². The number of hydrogen-bond donors (Lipinski definition) is 1. The van der Waals surface area contributed by atoms with Gasteiger partial charge in [0.2, 0.25) is 0 Å². The number of benzene rings is 2. The molecule has 0 bridgehead atoms. The van der Waals surface area contributed by atoms with Crippen molar-refractivity contribution < 1.29 is 19.1 Å². The summed E-state index contributed by atoms with van der Waals surface area (Å²) in [5.41, 5.74) is 0.704. The number of methoxy groups -OCH3 is 1. The van der Waals surface area contributed by atoms with Gasteiger partial charge in [0.1, 0.15) is 12.2 Å². The Morgan fingerprint density at radius 3 is 2.65 bits per heavy atom. The summed E-state index contributed by atoms with van der Waals surface area (Å²) in [5, 5.41) is 3.05. The van der Waals surface area contributed by atoms with Crippen LogP contribution in [0.3, 0.4) is 0 Å². The van der Waals surface area contributed by atoms with Gasteiger partial charge in [-0.3, -0.25) is 19.8 Å². The topological polar surface area (TPSA) is 67.9 Å². The van der Waals surface area contributed by atoms with Gasteiger partial charge in [0.05, 0.1) is 22.3 Å². The van der Waals surface area contributed by atoms with Crippen LogP contribution in [-0.2, 0) is 9.59 Å². The highest BCUT2D eigenvalue weighted by molar-refractivity contribution is 9.10. The highest BCUT2D eigenvalue weighted by atomic mass is 79.9.